The van der Waals surface area contributed by atoms with Gasteiger partial charge < -0.3 is 0 Å². The molecule has 1 heterocycles. The summed E-state index contributed by atoms with van der Waals surface area (Å²) in [7, 11) is -3.64. The first-order chi connectivity index (χ1) is 16.8. The van der Waals surface area contributed by atoms with Crippen molar-refractivity contribution >= 4 is 32.4 Å². The lowest BCUT2D eigenvalue weighted by atomic mass is 10.1. The quantitative estimate of drug-likeness (QED) is 0.382. The van der Waals surface area contributed by atoms with Gasteiger partial charge in [-0.15, -0.1) is 0 Å². The summed E-state index contributed by atoms with van der Waals surface area (Å²) in [5, 5.41) is 4.89. The highest BCUT2D eigenvalue weighted by atomic mass is 32.2. The molecular formula is C25H22N4O5S. The van der Waals surface area contributed by atoms with Gasteiger partial charge in [0.25, 0.3) is 11.5 Å². The van der Waals surface area contributed by atoms with Gasteiger partial charge >= 0.3 is 0 Å². The number of hydrogen-bond acceptors (Lipinski definition) is 6. The van der Waals surface area contributed by atoms with Crippen LogP contribution in [-0.4, -0.2) is 35.8 Å². The minimum Gasteiger partial charge on any atom is -0.273 e. The molecule has 0 fully saturated rings. The Kier molecular flexibility index (Phi) is 7.02. The van der Waals surface area contributed by atoms with Crippen molar-refractivity contribution < 1.29 is 18.0 Å². The molecule has 35 heavy (non-hydrogen) atoms. The van der Waals surface area contributed by atoms with E-state index in [1.54, 1.807) is 42.5 Å². The summed E-state index contributed by atoms with van der Waals surface area (Å²) in [6.45, 7) is 0.161. The third-order valence-corrected chi connectivity index (χ3v) is 7.01. The van der Waals surface area contributed by atoms with Crippen molar-refractivity contribution in [2.75, 3.05) is 5.75 Å². The average Bonchev–Trinajstić information content (AvgIpc) is 2.89. The molecule has 0 saturated heterocycles. The van der Waals surface area contributed by atoms with E-state index in [2.05, 4.69) is 16.0 Å². The molecule has 2 N–H and O–H groups in total. The van der Waals surface area contributed by atoms with E-state index in [0.717, 1.165) is 5.56 Å². The standard InChI is InChI=1S/C25H22N4O5S/c30-22(15-16-35(33,34)19-11-5-2-6-12-19)26-27-24(31)23-20-13-7-8-14-21(20)25(32)29(28-23)17-18-9-3-1-4-10-18/h1-14H,15-17H2,(H,26,30)(H,27,31). The second kappa shape index (κ2) is 10.3. The normalized spacial score (nSPS) is 11.2. The predicted octanol–water partition coefficient (Wildman–Crippen LogP) is 2.07. The van der Waals surface area contributed by atoms with Gasteiger partial charge in [0.1, 0.15) is 0 Å². The van der Waals surface area contributed by atoms with E-state index < -0.39 is 27.4 Å². The molecule has 3 aromatic carbocycles. The summed E-state index contributed by atoms with van der Waals surface area (Å²) in [6.07, 6.45) is -0.348. The monoisotopic (exact) mass is 490 g/mol. The molecule has 178 valence electrons. The first kappa shape index (κ1) is 23.8. The zero-order chi connectivity index (χ0) is 24.8. The SMILES string of the molecule is O=C(CCS(=O)(=O)c1ccccc1)NNC(=O)c1nn(Cc2ccccc2)c(=O)c2ccccc12. The van der Waals surface area contributed by atoms with E-state index >= 15 is 0 Å². The Hall–Kier alpha value is -4.31. The van der Waals surface area contributed by atoms with Crippen LogP contribution in [0.1, 0.15) is 22.5 Å². The molecule has 0 aliphatic heterocycles. The zero-order valence-corrected chi connectivity index (χ0v) is 19.4. The van der Waals surface area contributed by atoms with Crippen LogP contribution in [0, 0.1) is 0 Å². The molecule has 4 rings (SSSR count). The number of nitrogens with one attached hydrogen (secondary N) is 2. The molecule has 0 bridgehead atoms. The number of carbonyl (C=O) groups is 2. The predicted molar refractivity (Wildman–Crippen MR) is 130 cm³/mol. The van der Waals surface area contributed by atoms with Crippen molar-refractivity contribution in [3.63, 3.8) is 0 Å². The highest BCUT2D eigenvalue weighted by molar-refractivity contribution is 7.91. The number of hydrogen-bond donors (Lipinski definition) is 2. The number of aromatic nitrogens is 2. The third-order valence-electron chi connectivity index (χ3n) is 5.27. The molecule has 0 saturated carbocycles. The van der Waals surface area contributed by atoms with Crippen LogP contribution in [0.5, 0.6) is 0 Å². The Labute approximate surface area is 201 Å². The Morgan fingerprint density at radius 1 is 0.800 bits per heavy atom. The van der Waals surface area contributed by atoms with Gasteiger partial charge in [-0.05, 0) is 23.8 Å². The average molecular weight is 491 g/mol. The highest BCUT2D eigenvalue weighted by Gasteiger charge is 2.19. The van der Waals surface area contributed by atoms with Gasteiger partial charge in [-0.3, -0.25) is 25.2 Å². The Bertz CT molecular complexity index is 1530. The fourth-order valence-electron chi connectivity index (χ4n) is 3.49. The van der Waals surface area contributed by atoms with E-state index in [1.165, 1.54) is 16.8 Å². The second-order valence-corrected chi connectivity index (χ2v) is 9.84. The number of benzene rings is 3. The number of hydrazine groups is 1. The molecule has 0 radical (unpaired) electrons. The number of nitrogens with zero attached hydrogens (tertiary/aromatic N) is 2. The third kappa shape index (κ3) is 5.61. The lowest BCUT2D eigenvalue weighted by Crippen LogP contribution is -2.43. The molecule has 0 aliphatic carbocycles. The van der Waals surface area contributed by atoms with Crippen LogP contribution in [0.3, 0.4) is 0 Å². The molecule has 0 atom stereocenters. The Balaban J connectivity index is 1.49. The van der Waals surface area contributed by atoms with Crippen LogP contribution in [0.4, 0.5) is 0 Å². The summed E-state index contributed by atoms with van der Waals surface area (Å²) < 4.78 is 25.9. The van der Waals surface area contributed by atoms with Crippen LogP contribution in [0.15, 0.2) is 94.6 Å². The minimum absolute atomic E-state index is 0.0478. The molecule has 0 aliphatic rings. The zero-order valence-electron chi connectivity index (χ0n) is 18.5. The van der Waals surface area contributed by atoms with Crippen molar-refractivity contribution in [1.82, 2.24) is 20.6 Å². The van der Waals surface area contributed by atoms with E-state index in [9.17, 15) is 22.8 Å². The van der Waals surface area contributed by atoms with Crippen molar-refractivity contribution in [3.05, 3.63) is 107 Å². The minimum atomic E-state index is -3.64. The molecule has 9 nitrogen and oxygen atoms in total. The van der Waals surface area contributed by atoms with Crippen molar-refractivity contribution in [1.29, 1.82) is 0 Å². The molecule has 4 aromatic rings. The van der Waals surface area contributed by atoms with Crippen LogP contribution in [0.2, 0.25) is 0 Å². The number of fused-ring (bicyclic) bond motifs is 1. The van der Waals surface area contributed by atoms with Gasteiger partial charge in [-0.2, -0.15) is 5.10 Å². The Morgan fingerprint density at radius 3 is 2.09 bits per heavy atom. The fraction of sp³-hybridized carbons (Fsp3) is 0.120. The van der Waals surface area contributed by atoms with Crippen molar-refractivity contribution in [2.45, 2.75) is 17.9 Å². The second-order valence-electron chi connectivity index (χ2n) is 7.73. The van der Waals surface area contributed by atoms with Crippen LogP contribution in [0.25, 0.3) is 10.8 Å². The van der Waals surface area contributed by atoms with Crippen LogP contribution < -0.4 is 16.4 Å². The maximum absolute atomic E-state index is 12.9. The first-order valence-electron chi connectivity index (χ1n) is 10.8. The van der Waals surface area contributed by atoms with Crippen LogP contribution >= 0.6 is 0 Å². The van der Waals surface area contributed by atoms with Gasteiger partial charge in [-0.1, -0.05) is 66.7 Å². The van der Waals surface area contributed by atoms with Crippen molar-refractivity contribution in [3.8, 4) is 0 Å². The molecule has 0 spiro atoms. The molecule has 1 aromatic heterocycles. The number of rotatable bonds is 7. The molecule has 10 heteroatoms. The first-order valence-corrected chi connectivity index (χ1v) is 12.4. The maximum Gasteiger partial charge on any atom is 0.290 e. The van der Waals surface area contributed by atoms with Crippen LogP contribution in [-0.2, 0) is 21.2 Å². The summed E-state index contributed by atoms with van der Waals surface area (Å²) in [6, 6.07) is 23.6. The smallest absolute Gasteiger partial charge is 0.273 e. The maximum atomic E-state index is 12.9. The Morgan fingerprint density at radius 2 is 1.40 bits per heavy atom. The largest absolute Gasteiger partial charge is 0.290 e. The van der Waals surface area contributed by atoms with Gasteiger partial charge in [0, 0.05) is 11.8 Å². The van der Waals surface area contributed by atoms with Gasteiger partial charge in [0.15, 0.2) is 15.5 Å². The van der Waals surface area contributed by atoms with E-state index in [4.69, 9.17) is 0 Å². The van der Waals surface area contributed by atoms with Gasteiger partial charge in [0.05, 0.1) is 22.6 Å². The van der Waals surface area contributed by atoms with E-state index in [-0.39, 0.29) is 29.1 Å². The molecule has 0 unspecified atom stereocenters. The summed E-state index contributed by atoms with van der Waals surface area (Å²) in [4.78, 5) is 38.1. The van der Waals surface area contributed by atoms with E-state index in [1.807, 2.05) is 30.3 Å². The fourth-order valence-corrected chi connectivity index (χ4v) is 4.75. The highest BCUT2D eigenvalue weighted by Crippen LogP contribution is 2.14. The summed E-state index contributed by atoms with van der Waals surface area (Å²) >= 11 is 0. The number of sulfone groups is 1. The molecule has 2 amide bonds. The van der Waals surface area contributed by atoms with E-state index in [0.29, 0.717) is 10.8 Å². The number of carbonyl (C=O) groups excluding carboxylic acids is 2. The number of amides is 2. The molecular weight excluding hydrogens is 468 g/mol. The lowest BCUT2D eigenvalue weighted by molar-refractivity contribution is -0.121. The summed E-state index contributed by atoms with van der Waals surface area (Å²) in [5.41, 5.74) is 4.92. The summed E-state index contributed by atoms with van der Waals surface area (Å²) in [5.74, 6) is -1.83. The van der Waals surface area contributed by atoms with Crippen molar-refractivity contribution in [2.24, 2.45) is 0 Å². The van der Waals surface area contributed by atoms with Gasteiger partial charge in [-0.25, -0.2) is 13.1 Å². The topological polar surface area (TPSA) is 127 Å². The lowest BCUT2D eigenvalue weighted by Gasteiger charge is -2.12. The van der Waals surface area contributed by atoms with Gasteiger partial charge in [0.2, 0.25) is 5.91 Å².